The fourth-order valence-electron chi connectivity index (χ4n) is 8.38. The highest BCUT2D eigenvalue weighted by molar-refractivity contribution is 5.82. The van der Waals surface area contributed by atoms with Crippen molar-refractivity contribution in [1.29, 1.82) is 0 Å². The Balaban J connectivity index is 1.49. The quantitative estimate of drug-likeness (QED) is 0.138. The number of para-hydroxylation sites is 1. The van der Waals surface area contributed by atoms with Gasteiger partial charge in [-0.25, -0.2) is 0 Å². The number of quaternary nitrogens is 1. The number of hydrogen-bond acceptors (Lipinski definition) is 3. The van der Waals surface area contributed by atoms with Crippen LogP contribution in [0.2, 0.25) is 0 Å². The van der Waals surface area contributed by atoms with Crippen molar-refractivity contribution in [1.82, 2.24) is 4.98 Å². The summed E-state index contributed by atoms with van der Waals surface area (Å²) in [4.78, 5) is 4.74. The predicted octanol–water partition coefficient (Wildman–Crippen LogP) is 9.71. The molecule has 4 heterocycles. The van der Waals surface area contributed by atoms with Crippen LogP contribution in [0.15, 0.2) is 91.6 Å². The van der Waals surface area contributed by atoms with Gasteiger partial charge in [-0.15, -0.1) is 6.58 Å². The summed E-state index contributed by atoms with van der Waals surface area (Å²) in [5.74, 6) is 2.18. The summed E-state index contributed by atoms with van der Waals surface area (Å²) in [5, 5.41) is 1.19. The van der Waals surface area contributed by atoms with E-state index < -0.39 is 0 Å². The first-order valence-corrected chi connectivity index (χ1v) is 17.1. The molecule has 0 saturated carbocycles. The van der Waals surface area contributed by atoms with E-state index in [4.69, 9.17) is 14.5 Å². The number of fused-ring (bicyclic) bond motifs is 4. The molecule has 0 radical (unpaired) electrons. The number of hydrogen-bond donors (Lipinski definition) is 0. The molecule has 0 amide bonds. The third kappa shape index (κ3) is 6.27. The summed E-state index contributed by atoms with van der Waals surface area (Å²) in [5.41, 5.74) is 7.37. The summed E-state index contributed by atoms with van der Waals surface area (Å²) in [6, 6.07) is 26.6. The zero-order valence-electron chi connectivity index (χ0n) is 29.1. The van der Waals surface area contributed by atoms with Gasteiger partial charge in [0.2, 0.25) is 0 Å². The van der Waals surface area contributed by atoms with Crippen molar-refractivity contribution >= 4 is 10.9 Å². The Bertz CT molecular complexity index is 1640. The van der Waals surface area contributed by atoms with Gasteiger partial charge in [-0.05, 0) is 52.1 Å². The Labute approximate surface area is 277 Å². The largest absolute Gasteiger partial charge is 0.496 e. The van der Waals surface area contributed by atoms with Gasteiger partial charge in [0.05, 0.1) is 32.3 Å². The topological polar surface area (TPSA) is 31.4 Å². The molecule has 3 fully saturated rings. The predicted molar refractivity (Wildman–Crippen MR) is 190 cm³/mol. The van der Waals surface area contributed by atoms with E-state index in [1.54, 1.807) is 0 Å². The molecule has 3 aliphatic heterocycles. The van der Waals surface area contributed by atoms with Gasteiger partial charge in [-0.2, -0.15) is 0 Å². The van der Waals surface area contributed by atoms with Crippen LogP contribution in [0.25, 0.3) is 10.9 Å². The Morgan fingerprint density at radius 3 is 2.24 bits per heavy atom. The molecule has 4 heteroatoms. The Kier molecular flexibility index (Phi) is 8.91. The molecule has 4 nitrogen and oxygen atoms in total. The second kappa shape index (κ2) is 12.6. The third-order valence-electron chi connectivity index (χ3n) is 10.8. The van der Waals surface area contributed by atoms with Gasteiger partial charge in [-0.1, -0.05) is 96.1 Å². The standard InChI is InChI=1S/C42H53N2O2/c1-9-31-27-44(26-30-23-35(41(2,3)4)40(45-8)36(24-30)42(5,6)7)22-20-32(31)25-38(44)39(46-28-29-15-11-10-12-16-29)34-19-21-43-37-18-14-13-17-33(34)37/h9-19,21,23-24,31-32,38-39H,1,20,22,25-28H2,2-8H3/q+1/t31-,32?,38-,39+,44?/m0/s1. The zero-order valence-corrected chi connectivity index (χ0v) is 29.1. The van der Waals surface area contributed by atoms with Crippen molar-refractivity contribution < 1.29 is 14.0 Å². The highest BCUT2D eigenvalue weighted by atomic mass is 16.5. The molecule has 5 atom stereocenters. The number of benzene rings is 3. The van der Waals surface area contributed by atoms with Crippen LogP contribution < -0.4 is 4.74 Å². The fourth-order valence-corrected chi connectivity index (χ4v) is 8.38. The second-order valence-corrected chi connectivity index (χ2v) is 15.9. The molecule has 0 N–H and O–H groups in total. The van der Waals surface area contributed by atoms with Crippen molar-refractivity contribution in [3.63, 3.8) is 0 Å². The molecular formula is C42H53N2O2+. The van der Waals surface area contributed by atoms with Crippen molar-refractivity contribution in [3.05, 3.63) is 119 Å². The van der Waals surface area contributed by atoms with Gasteiger partial charge in [0.25, 0.3) is 0 Å². The van der Waals surface area contributed by atoms with Gasteiger partial charge in [0.1, 0.15) is 24.4 Å². The fraction of sp³-hybridized carbons (Fsp3) is 0.452. The van der Waals surface area contributed by atoms with E-state index in [9.17, 15) is 0 Å². The summed E-state index contributed by atoms with van der Waals surface area (Å²) >= 11 is 0. The van der Waals surface area contributed by atoms with Crippen molar-refractivity contribution in [2.45, 2.75) is 90.5 Å². The smallest absolute Gasteiger partial charge is 0.135 e. The van der Waals surface area contributed by atoms with E-state index in [0.717, 1.165) is 41.8 Å². The zero-order chi connectivity index (χ0) is 32.7. The molecule has 3 aromatic carbocycles. The van der Waals surface area contributed by atoms with Crippen LogP contribution in [-0.4, -0.2) is 35.7 Å². The lowest BCUT2D eigenvalue weighted by Crippen LogP contribution is -2.67. The average molecular weight is 618 g/mol. The third-order valence-corrected chi connectivity index (χ3v) is 10.8. The number of pyridine rings is 1. The van der Waals surface area contributed by atoms with Crippen LogP contribution in [0.1, 0.15) is 88.3 Å². The van der Waals surface area contributed by atoms with Gasteiger partial charge < -0.3 is 14.0 Å². The minimum Gasteiger partial charge on any atom is -0.496 e. The van der Waals surface area contributed by atoms with E-state index >= 15 is 0 Å². The van der Waals surface area contributed by atoms with Crippen LogP contribution in [-0.2, 0) is 28.7 Å². The molecule has 3 saturated heterocycles. The van der Waals surface area contributed by atoms with Crippen LogP contribution >= 0.6 is 0 Å². The lowest BCUT2D eigenvalue weighted by atomic mass is 9.70. The van der Waals surface area contributed by atoms with E-state index in [2.05, 4.69) is 127 Å². The molecule has 0 aliphatic carbocycles. The van der Waals surface area contributed by atoms with Crippen LogP contribution in [0.5, 0.6) is 5.75 Å². The highest BCUT2D eigenvalue weighted by Gasteiger charge is 2.54. The van der Waals surface area contributed by atoms with Crippen molar-refractivity contribution in [3.8, 4) is 5.75 Å². The Morgan fingerprint density at radius 1 is 0.913 bits per heavy atom. The van der Waals surface area contributed by atoms with Crippen LogP contribution in [0.4, 0.5) is 0 Å². The highest BCUT2D eigenvalue weighted by Crippen LogP contribution is 2.50. The molecule has 2 bridgehead atoms. The van der Waals surface area contributed by atoms with Gasteiger partial charge in [0.15, 0.2) is 0 Å². The van der Waals surface area contributed by atoms with Crippen LogP contribution in [0, 0.1) is 11.8 Å². The maximum absolute atomic E-state index is 7.15. The number of aromatic nitrogens is 1. The average Bonchev–Trinajstić information content (AvgIpc) is 3.04. The Morgan fingerprint density at radius 2 is 1.59 bits per heavy atom. The maximum atomic E-state index is 7.15. The monoisotopic (exact) mass is 617 g/mol. The summed E-state index contributed by atoms with van der Waals surface area (Å²) in [6.07, 6.45) is 6.50. The molecule has 7 rings (SSSR count). The summed E-state index contributed by atoms with van der Waals surface area (Å²) < 4.78 is 14.3. The number of piperidine rings is 3. The normalized spacial score (nSPS) is 23.8. The van der Waals surface area contributed by atoms with E-state index in [-0.39, 0.29) is 16.9 Å². The van der Waals surface area contributed by atoms with Crippen molar-refractivity contribution in [2.24, 2.45) is 11.8 Å². The number of nitrogens with zero attached hydrogens (tertiary/aromatic N) is 2. The molecule has 2 unspecified atom stereocenters. The number of ether oxygens (including phenoxy) is 2. The lowest BCUT2D eigenvalue weighted by Gasteiger charge is -2.58. The second-order valence-electron chi connectivity index (χ2n) is 15.9. The first-order chi connectivity index (χ1) is 21.9. The van der Waals surface area contributed by atoms with E-state index in [1.165, 1.54) is 39.6 Å². The molecule has 242 valence electrons. The van der Waals surface area contributed by atoms with Gasteiger partial charge in [-0.3, -0.25) is 4.98 Å². The molecule has 0 spiro atoms. The SMILES string of the molecule is C=C[C@H]1C[N+]2(Cc3cc(C(C)(C)C)c(OC)c(C(C)(C)C)c3)CCC1C[C@H]2[C@H](OCc1ccccc1)c1ccnc2ccccc12. The first-order valence-electron chi connectivity index (χ1n) is 17.1. The minimum atomic E-state index is -0.0657. The Hall–Kier alpha value is -3.47. The molecule has 46 heavy (non-hydrogen) atoms. The van der Waals surface area contributed by atoms with E-state index in [0.29, 0.717) is 24.5 Å². The lowest BCUT2D eigenvalue weighted by molar-refractivity contribution is -0.985. The number of methoxy groups -OCH3 is 1. The molecule has 4 aromatic rings. The minimum absolute atomic E-state index is 0.0451. The van der Waals surface area contributed by atoms with E-state index in [1.807, 2.05) is 13.3 Å². The number of rotatable bonds is 9. The molecular weight excluding hydrogens is 564 g/mol. The van der Waals surface area contributed by atoms with Crippen molar-refractivity contribution in [2.75, 3.05) is 20.2 Å². The van der Waals surface area contributed by atoms with Gasteiger partial charge in [0, 0.05) is 47.0 Å². The van der Waals surface area contributed by atoms with Gasteiger partial charge >= 0.3 is 0 Å². The first kappa shape index (κ1) is 32.5. The summed E-state index contributed by atoms with van der Waals surface area (Å²) in [6.45, 7) is 21.9. The molecule has 1 aromatic heterocycles. The van der Waals surface area contributed by atoms with Crippen LogP contribution in [0.3, 0.4) is 0 Å². The molecule has 3 aliphatic rings. The maximum Gasteiger partial charge on any atom is 0.135 e. The summed E-state index contributed by atoms with van der Waals surface area (Å²) in [7, 11) is 1.83.